The number of nitrogens with zero attached hydrogens (tertiary/aromatic N) is 3. The Morgan fingerprint density at radius 2 is 2.04 bits per heavy atom. The average molecular weight is 401 g/mol. The Morgan fingerprint density at radius 1 is 1.33 bits per heavy atom. The number of methoxy groups -OCH3 is 1. The van der Waals surface area contributed by atoms with E-state index in [1.165, 1.54) is 30.8 Å². The van der Waals surface area contributed by atoms with Crippen molar-refractivity contribution in [1.29, 1.82) is 0 Å². The summed E-state index contributed by atoms with van der Waals surface area (Å²) in [6.07, 6.45) is -3.59. The Balaban J connectivity index is 2.48. The summed E-state index contributed by atoms with van der Waals surface area (Å²) in [6, 6.07) is 4.72. The number of hydrogen-bond acceptors (Lipinski definition) is 5. The van der Waals surface area contributed by atoms with E-state index in [9.17, 15) is 18.0 Å². The summed E-state index contributed by atoms with van der Waals surface area (Å²) in [4.78, 5) is 18.5. The third-order valence-electron chi connectivity index (χ3n) is 3.91. The highest BCUT2D eigenvalue weighted by atomic mass is 32.1. The lowest BCUT2D eigenvalue weighted by Crippen LogP contribution is -2.15. The van der Waals surface area contributed by atoms with Gasteiger partial charge in [-0.2, -0.15) is 13.2 Å². The molecular weight excluding hydrogens is 379 g/mol. The number of carbonyl (C=O) groups excluding carboxylic acids is 1. The van der Waals surface area contributed by atoms with E-state index >= 15 is 0 Å². The number of rotatable bonds is 6. The zero-order valence-electron chi connectivity index (χ0n) is 15.6. The van der Waals surface area contributed by atoms with Crippen molar-refractivity contribution in [2.75, 3.05) is 27.7 Å². The molecule has 9 heteroatoms. The van der Waals surface area contributed by atoms with Crippen molar-refractivity contribution in [1.82, 2.24) is 8.86 Å². The molecule has 0 aliphatic carbocycles. The Hall–Kier alpha value is -2.13. The number of carbonyl (C=O) groups is 1. The summed E-state index contributed by atoms with van der Waals surface area (Å²) in [5.41, 5.74) is 0.327. The molecule has 0 unspecified atom stereocenters. The van der Waals surface area contributed by atoms with E-state index in [0.717, 1.165) is 25.1 Å². The van der Waals surface area contributed by atoms with Gasteiger partial charge >= 0.3 is 12.1 Å². The molecule has 148 valence electrons. The maximum Gasteiger partial charge on any atom is 0.416 e. The van der Waals surface area contributed by atoms with E-state index in [-0.39, 0.29) is 11.3 Å². The molecule has 1 aromatic heterocycles. The number of alkyl halides is 3. The predicted octanol–water partition coefficient (Wildman–Crippen LogP) is 3.85. The molecular formula is C18H22F3N3O2S. The van der Waals surface area contributed by atoms with Gasteiger partial charge in [0.1, 0.15) is 10.2 Å². The highest BCUT2D eigenvalue weighted by Crippen LogP contribution is 2.31. The number of benzene rings is 1. The Kier molecular flexibility index (Phi) is 6.83. The number of esters is 1. The molecule has 0 aliphatic rings. The first-order valence-corrected chi connectivity index (χ1v) is 9.06. The van der Waals surface area contributed by atoms with Gasteiger partial charge in [-0.05, 0) is 63.7 Å². The fraction of sp³-hybridized carbons (Fsp3) is 0.444. The minimum atomic E-state index is -4.45. The second kappa shape index (κ2) is 8.71. The van der Waals surface area contributed by atoms with E-state index in [1.54, 1.807) is 6.92 Å². The van der Waals surface area contributed by atoms with Crippen molar-refractivity contribution < 1.29 is 22.7 Å². The Bertz CT molecular complexity index is 869. The number of aryl methyl sites for hydroxylation is 1. The molecule has 2 rings (SSSR count). The molecule has 2 aromatic rings. The predicted molar refractivity (Wildman–Crippen MR) is 98.2 cm³/mol. The number of ether oxygens (including phenoxy) is 1. The van der Waals surface area contributed by atoms with E-state index < -0.39 is 17.7 Å². The van der Waals surface area contributed by atoms with Gasteiger partial charge in [0.05, 0.1) is 18.4 Å². The van der Waals surface area contributed by atoms with Crippen LogP contribution in [-0.4, -0.2) is 42.6 Å². The van der Waals surface area contributed by atoms with Crippen LogP contribution >= 0.6 is 11.5 Å². The maximum atomic E-state index is 12.9. The second-order valence-electron chi connectivity index (χ2n) is 6.27. The fourth-order valence-corrected chi connectivity index (χ4v) is 3.65. The van der Waals surface area contributed by atoms with Crippen LogP contribution in [0.15, 0.2) is 29.3 Å². The quantitative estimate of drug-likeness (QED) is 0.691. The molecule has 0 saturated heterocycles. The van der Waals surface area contributed by atoms with Crippen molar-refractivity contribution in [2.45, 2.75) is 26.1 Å². The van der Waals surface area contributed by atoms with Crippen LogP contribution in [0.2, 0.25) is 0 Å². The molecule has 0 bridgehead atoms. The van der Waals surface area contributed by atoms with E-state index in [0.29, 0.717) is 16.9 Å². The minimum absolute atomic E-state index is 0.136. The van der Waals surface area contributed by atoms with Crippen molar-refractivity contribution >= 4 is 23.2 Å². The lowest BCUT2D eigenvalue weighted by Gasteiger charge is -2.10. The third kappa shape index (κ3) is 5.43. The molecule has 0 amide bonds. The summed E-state index contributed by atoms with van der Waals surface area (Å²) in [5, 5.41) is 0. The summed E-state index contributed by atoms with van der Waals surface area (Å²) in [5.74, 6) is -0.555. The summed E-state index contributed by atoms with van der Waals surface area (Å²) >= 11 is 1.24. The van der Waals surface area contributed by atoms with Gasteiger partial charge in [-0.3, -0.25) is 3.96 Å². The van der Waals surface area contributed by atoms with Crippen LogP contribution in [0.1, 0.15) is 28.0 Å². The van der Waals surface area contributed by atoms with Crippen LogP contribution in [0.3, 0.4) is 0 Å². The molecule has 0 fully saturated rings. The SMILES string of the molecule is COC(=O)c1c(C)n(CCCN(C)C)sc1=Nc1cccc(C(F)(F)F)c1. The molecule has 0 N–H and O–H groups in total. The molecule has 0 spiro atoms. The van der Waals surface area contributed by atoms with Crippen LogP contribution in [0.25, 0.3) is 0 Å². The number of hydrogen-bond donors (Lipinski definition) is 0. The molecule has 27 heavy (non-hydrogen) atoms. The van der Waals surface area contributed by atoms with Crippen molar-refractivity contribution in [3.8, 4) is 0 Å². The van der Waals surface area contributed by atoms with Gasteiger partial charge in [0.15, 0.2) is 0 Å². The average Bonchev–Trinajstić information content (AvgIpc) is 2.89. The van der Waals surface area contributed by atoms with Crippen LogP contribution in [-0.2, 0) is 17.5 Å². The van der Waals surface area contributed by atoms with E-state index in [2.05, 4.69) is 9.89 Å². The van der Waals surface area contributed by atoms with Gasteiger partial charge in [0.25, 0.3) is 0 Å². The van der Waals surface area contributed by atoms with Gasteiger partial charge in [0.2, 0.25) is 0 Å². The molecule has 0 aliphatic heterocycles. The fourth-order valence-electron chi connectivity index (χ4n) is 2.52. The largest absolute Gasteiger partial charge is 0.465 e. The lowest BCUT2D eigenvalue weighted by atomic mass is 10.2. The first kappa shape index (κ1) is 21.2. The number of aromatic nitrogens is 1. The topological polar surface area (TPSA) is 46.8 Å². The van der Waals surface area contributed by atoms with Gasteiger partial charge in [0, 0.05) is 12.2 Å². The molecule has 0 atom stereocenters. The minimum Gasteiger partial charge on any atom is -0.465 e. The van der Waals surface area contributed by atoms with Crippen molar-refractivity contribution in [3.63, 3.8) is 0 Å². The molecule has 1 aromatic carbocycles. The highest BCUT2D eigenvalue weighted by molar-refractivity contribution is 7.04. The molecule has 1 heterocycles. The normalized spacial score (nSPS) is 12.7. The summed E-state index contributed by atoms with van der Waals surface area (Å²) in [7, 11) is 5.21. The van der Waals surface area contributed by atoms with E-state index in [4.69, 9.17) is 4.74 Å². The molecule has 0 radical (unpaired) electrons. The standard InChI is InChI=1S/C18H22F3N3O2S/c1-12-15(17(25)26-4)16(27-24(12)10-6-9-23(2)3)22-14-8-5-7-13(11-14)18(19,20)21/h5,7-8,11H,6,9-10H2,1-4H3. The van der Waals surface area contributed by atoms with Crippen molar-refractivity contribution in [2.24, 2.45) is 4.99 Å². The summed E-state index contributed by atoms with van der Waals surface area (Å²) < 4.78 is 45.9. The first-order valence-electron chi connectivity index (χ1n) is 8.29. The smallest absolute Gasteiger partial charge is 0.416 e. The lowest BCUT2D eigenvalue weighted by molar-refractivity contribution is -0.137. The first-order chi connectivity index (χ1) is 12.6. The second-order valence-corrected chi connectivity index (χ2v) is 7.28. The van der Waals surface area contributed by atoms with Gasteiger partial charge in [-0.25, -0.2) is 9.79 Å². The van der Waals surface area contributed by atoms with Crippen LogP contribution in [0.4, 0.5) is 18.9 Å². The van der Waals surface area contributed by atoms with Crippen LogP contribution < -0.4 is 4.67 Å². The van der Waals surface area contributed by atoms with Crippen LogP contribution in [0, 0.1) is 6.92 Å². The van der Waals surface area contributed by atoms with Crippen molar-refractivity contribution in [3.05, 3.63) is 45.8 Å². The number of halogens is 3. The highest BCUT2D eigenvalue weighted by Gasteiger charge is 2.30. The summed E-state index contributed by atoms with van der Waals surface area (Å²) in [6.45, 7) is 3.33. The zero-order valence-corrected chi connectivity index (χ0v) is 16.4. The van der Waals surface area contributed by atoms with Gasteiger partial charge < -0.3 is 9.64 Å². The third-order valence-corrected chi connectivity index (χ3v) is 5.05. The van der Waals surface area contributed by atoms with Crippen LogP contribution in [0.5, 0.6) is 0 Å². The molecule has 0 saturated carbocycles. The Morgan fingerprint density at radius 3 is 2.63 bits per heavy atom. The zero-order chi connectivity index (χ0) is 20.2. The van der Waals surface area contributed by atoms with Gasteiger partial charge in [-0.15, -0.1) is 0 Å². The van der Waals surface area contributed by atoms with Gasteiger partial charge in [-0.1, -0.05) is 6.07 Å². The maximum absolute atomic E-state index is 12.9. The monoisotopic (exact) mass is 401 g/mol. The Labute approximate surface area is 159 Å². The molecule has 5 nitrogen and oxygen atoms in total. The van der Waals surface area contributed by atoms with E-state index in [1.807, 2.05) is 18.1 Å².